The molecule has 0 heterocycles. The minimum absolute atomic E-state index is 0.0460. The molecule has 0 spiro atoms. The van der Waals surface area contributed by atoms with Crippen molar-refractivity contribution < 1.29 is 9.59 Å². The standard InChI is InChI=1S/C4H5IO2/c5-4(7)2-1-3-6/h3H,1-2H2. The molecular weight excluding hydrogens is 207 g/mol. The van der Waals surface area contributed by atoms with Gasteiger partial charge in [-0.3, -0.25) is 4.79 Å². The van der Waals surface area contributed by atoms with E-state index < -0.39 is 0 Å². The largest absolute Gasteiger partial charge is 0.303 e. The van der Waals surface area contributed by atoms with Gasteiger partial charge in [-0.25, -0.2) is 0 Å². The van der Waals surface area contributed by atoms with Crippen LogP contribution in [0.15, 0.2) is 0 Å². The minimum Gasteiger partial charge on any atom is -0.303 e. The second kappa shape index (κ2) is 4.23. The Morgan fingerprint density at radius 2 is 2.29 bits per heavy atom. The zero-order valence-corrected chi connectivity index (χ0v) is 5.84. The number of rotatable bonds is 3. The van der Waals surface area contributed by atoms with Gasteiger partial charge in [0.2, 0.25) is 0 Å². The fourth-order valence-electron chi connectivity index (χ4n) is 0.172. The van der Waals surface area contributed by atoms with Crippen molar-refractivity contribution in [2.45, 2.75) is 12.8 Å². The van der Waals surface area contributed by atoms with Crippen LogP contribution >= 0.6 is 22.6 Å². The second-order valence-corrected chi connectivity index (χ2v) is 2.26. The zero-order chi connectivity index (χ0) is 5.70. The lowest BCUT2D eigenvalue weighted by Crippen LogP contribution is -1.83. The van der Waals surface area contributed by atoms with Crippen molar-refractivity contribution in [3.8, 4) is 0 Å². The Morgan fingerprint density at radius 1 is 1.71 bits per heavy atom. The lowest BCUT2D eigenvalue weighted by Gasteiger charge is -1.78. The Hall–Kier alpha value is 0.0700. The molecule has 2 nitrogen and oxygen atoms in total. The molecule has 0 aromatic heterocycles. The van der Waals surface area contributed by atoms with E-state index in [2.05, 4.69) is 0 Å². The molecule has 0 N–H and O–H groups in total. The topological polar surface area (TPSA) is 34.1 Å². The maximum Gasteiger partial charge on any atom is 0.192 e. The Bertz CT molecular complexity index is 79.8. The van der Waals surface area contributed by atoms with E-state index in [9.17, 15) is 9.59 Å². The lowest BCUT2D eigenvalue weighted by atomic mass is 10.4. The fraction of sp³-hybridized carbons (Fsp3) is 0.500. The van der Waals surface area contributed by atoms with Crippen molar-refractivity contribution in [3.05, 3.63) is 0 Å². The molecule has 0 aliphatic heterocycles. The monoisotopic (exact) mass is 212 g/mol. The molecule has 0 saturated heterocycles. The predicted octanol–water partition coefficient (Wildman–Crippen LogP) is 0.927. The van der Waals surface area contributed by atoms with Gasteiger partial charge < -0.3 is 4.79 Å². The molecule has 0 amide bonds. The third-order valence-electron chi connectivity index (χ3n) is 0.459. The van der Waals surface area contributed by atoms with E-state index in [1.54, 1.807) is 22.6 Å². The highest BCUT2D eigenvalue weighted by Crippen LogP contribution is 1.93. The molecule has 0 bridgehead atoms. The Labute approximate surface area is 55.4 Å². The minimum atomic E-state index is 0.0460. The Balaban J connectivity index is 2.97. The van der Waals surface area contributed by atoms with Gasteiger partial charge in [0.15, 0.2) is 3.79 Å². The number of aldehydes is 1. The van der Waals surface area contributed by atoms with Gasteiger partial charge in [-0.1, -0.05) is 0 Å². The molecule has 0 aliphatic rings. The van der Waals surface area contributed by atoms with Gasteiger partial charge in [-0.05, 0) is 22.6 Å². The molecule has 0 rings (SSSR count). The van der Waals surface area contributed by atoms with E-state index in [-0.39, 0.29) is 3.79 Å². The Kier molecular flexibility index (Phi) is 4.28. The quantitative estimate of drug-likeness (QED) is 0.396. The van der Waals surface area contributed by atoms with Gasteiger partial charge in [0, 0.05) is 12.8 Å². The summed E-state index contributed by atoms with van der Waals surface area (Å²) >= 11 is 1.67. The molecule has 0 fully saturated rings. The summed E-state index contributed by atoms with van der Waals surface area (Å²) in [5.41, 5.74) is 0. The van der Waals surface area contributed by atoms with Crippen LogP contribution in [0.1, 0.15) is 12.8 Å². The van der Waals surface area contributed by atoms with Gasteiger partial charge >= 0.3 is 0 Å². The van der Waals surface area contributed by atoms with Crippen LogP contribution in [0.2, 0.25) is 0 Å². The van der Waals surface area contributed by atoms with Crippen LogP contribution in [0.3, 0.4) is 0 Å². The van der Waals surface area contributed by atoms with Crippen molar-refractivity contribution in [2.75, 3.05) is 0 Å². The van der Waals surface area contributed by atoms with Crippen LogP contribution in [0.5, 0.6) is 0 Å². The summed E-state index contributed by atoms with van der Waals surface area (Å²) in [6, 6.07) is 0. The highest BCUT2D eigenvalue weighted by Gasteiger charge is 1.90. The van der Waals surface area contributed by atoms with Crippen molar-refractivity contribution >= 4 is 32.7 Å². The van der Waals surface area contributed by atoms with E-state index in [0.29, 0.717) is 12.8 Å². The first-order valence-corrected chi connectivity index (χ1v) is 2.97. The van der Waals surface area contributed by atoms with Crippen LogP contribution in [-0.4, -0.2) is 10.1 Å². The fourth-order valence-corrected chi connectivity index (χ4v) is 0.484. The van der Waals surface area contributed by atoms with Gasteiger partial charge in [0.05, 0.1) is 0 Å². The first-order valence-electron chi connectivity index (χ1n) is 1.89. The Morgan fingerprint density at radius 3 is 2.43 bits per heavy atom. The molecule has 0 atom stereocenters. The highest BCUT2D eigenvalue weighted by molar-refractivity contribution is 14.1. The highest BCUT2D eigenvalue weighted by atomic mass is 127. The van der Waals surface area contributed by atoms with E-state index in [4.69, 9.17) is 0 Å². The molecule has 0 saturated carbocycles. The van der Waals surface area contributed by atoms with Crippen molar-refractivity contribution in [1.82, 2.24) is 0 Å². The van der Waals surface area contributed by atoms with Crippen molar-refractivity contribution in [3.63, 3.8) is 0 Å². The van der Waals surface area contributed by atoms with Gasteiger partial charge in [-0.2, -0.15) is 0 Å². The summed E-state index contributed by atoms with van der Waals surface area (Å²) in [6.07, 6.45) is 1.49. The van der Waals surface area contributed by atoms with Crippen molar-refractivity contribution in [2.24, 2.45) is 0 Å². The van der Waals surface area contributed by atoms with Crippen LogP contribution < -0.4 is 0 Å². The van der Waals surface area contributed by atoms with E-state index in [1.165, 1.54) is 0 Å². The third-order valence-corrected chi connectivity index (χ3v) is 0.998. The molecule has 3 heteroatoms. The first kappa shape index (κ1) is 7.07. The summed E-state index contributed by atoms with van der Waals surface area (Å²) in [5.74, 6) is 0. The zero-order valence-electron chi connectivity index (χ0n) is 3.69. The summed E-state index contributed by atoms with van der Waals surface area (Å²) < 4.78 is 0.0460. The molecule has 0 aromatic rings. The van der Waals surface area contributed by atoms with Gasteiger partial charge in [-0.15, -0.1) is 0 Å². The van der Waals surface area contributed by atoms with Crippen LogP contribution in [-0.2, 0) is 9.59 Å². The molecule has 0 radical (unpaired) electrons. The average molecular weight is 212 g/mol. The van der Waals surface area contributed by atoms with Crippen LogP contribution in [0, 0.1) is 0 Å². The third kappa shape index (κ3) is 6.07. The van der Waals surface area contributed by atoms with Crippen LogP contribution in [0.4, 0.5) is 0 Å². The average Bonchev–Trinajstić information content (AvgIpc) is 1.61. The summed E-state index contributed by atoms with van der Waals surface area (Å²) in [5, 5.41) is 0. The van der Waals surface area contributed by atoms with E-state index in [1.807, 2.05) is 0 Å². The second-order valence-electron chi connectivity index (χ2n) is 1.06. The maximum absolute atomic E-state index is 10.0. The van der Waals surface area contributed by atoms with E-state index >= 15 is 0 Å². The molecule has 7 heavy (non-hydrogen) atoms. The SMILES string of the molecule is O=CCCC(=O)I. The van der Waals surface area contributed by atoms with Gasteiger partial charge in [0.1, 0.15) is 6.29 Å². The number of hydrogen-bond donors (Lipinski definition) is 0. The summed E-state index contributed by atoms with van der Waals surface area (Å²) in [4.78, 5) is 19.6. The molecule has 0 aromatic carbocycles. The number of carbonyl (C=O) groups is 2. The molecule has 40 valence electrons. The molecule has 0 unspecified atom stereocenters. The number of halogens is 1. The number of hydrogen-bond acceptors (Lipinski definition) is 2. The van der Waals surface area contributed by atoms with Gasteiger partial charge in [0.25, 0.3) is 0 Å². The van der Waals surface area contributed by atoms with E-state index in [0.717, 1.165) is 6.29 Å². The first-order chi connectivity index (χ1) is 3.27. The summed E-state index contributed by atoms with van der Waals surface area (Å²) in [6.45, 7) is 0. The summed E-state index contributed by atoms with van der Waals surface area (Å²) in [7, 11) is 0. The molecular formula is C4H5IO2. The number of carbonyl (C=O) groups excluding carboxylic acids is 2. The predicted molar refractivity (Wildman–Crippen MR) is 34.3 cm³/mol. The maximum atomic E-state index is 10.0. The normalized spacial score (nSPS) is 8.14. The smallest absolute Gasteiger partial charge is 0.192 e. The van der Waals surface area contributed by atoms with Crippen molar-refractivity contribution in [1.29, 1.82) is 0 Å². The van der Waals surface area contributed by atoms with Crippen LogP contribution in [0.25, 0.3) is 0 Å². The molecule has 0 aliphatic carbocycles. The lowest BCUT2D eigenvalue weighted by molar-refractivity contribution is -0.113.